The zero-order valence-electron chi connectivity index (χ0n) is 26.1. The molecule has 2 fully saturated rings. The largest absolute Gasteiger partial charge is 0.444 e. The van der Waals surface area contributed by atoms with E-state index in [-0.39, 0.29) is 11.5 Å². The third-order valence-corrected chi connectivity index (χ3v) is 8.86. The minimum Gasteiger partial charge on any atom is -0.444 e. The van der Waals surface area contributed by atoms with Crippen LogP contribution in [0.15, 0.2) is 85.1 Å². The summed E-state index contributed by atoms with van der Waals surface area (Å²) in [5.41, 5.74) is 12.4. The quantitative estimate of drug-likeness (QED) is 0.243. The lowest BCUT2D eigenvalue weighted by Crippen LogP contribution is -2.37. The predicted molar refractivity (Wildman–Crippen MR) is 177 cm³/mol. The number of carbonyl (C=O) groups excluding carboxylic acids is 1. The van der Waals surface area contributed by atoms with Crippen LogP contribution in [0.3, 0.4) is 0 Å². The topological polar surface area (TPSA) is 102 Å². The number of nitrogens with zero attached hydrogens (tertiary/aromatic N) is 6. The molecule has 0 unspecified atom stereocenters. The lowest BCUT2D eigenvalue weighted by Gasteiger charge is -2.27. The summed E-state index contributed by atoms with van der Waals surface area (Å²) in [7, 11) is 0. The SMILES string of the molecule is CC(C)(C)OC(=O)N1CC[C@]2(CCN(Cc3ccc(-n4c(-c5cccnc5N)nc5ccc(-c6ccccc6)nc54)cc3)C2)C1. The lowest BCUT2D eigenvalue weighted by atomic mass is 9.86. The van der Waals surface area contributed by atoms with Crippen molar-refractivity contribution >= 4 is 23.1 Å². The standard InChI is InChI=1S/C36H39N7O2/c1-35(2,3)45-34(44)42-21-18-36(24-42)17-20-41(23-36)22-25-11-13-27(14-12-25)43-32(28-10-7-19-38-31(28)37)40-30-16-15-29(39-33(30)43)26-8-5-4-6-9-26/h4-16,19H,17-18,20-24H2,1-3H3,(H2,37,38)/t36-/m0/s1. The molecule has 2 N–H and O–H groups in total. The maximum atomic E-state index is 12.7. The molecule has 7 rings (SSSR count). The van der Waals surface area contributed by atoms with Crippen LogP contribution in [0.2, 0.25) is 0 Å². The van der Waals surface area contributed by atoms with Gasteiger partial charge in [0.05, 0.1) is 11.3 Å². The van der Waals surface area contributed by atoms with Gasteiger partial charge >= 0.3 is 6.09 Å². The highest BCUT2D eigenvalue weighted by Gasteiger charge is 2.45. The molecule has 1 spiro atoms. The second-order valence-electron chi connectivity index (χ2n) is 13.4. The van der Waals surface area contributed by atoms with E-state index < -0.39 is 5.60 Å². The number of pyridine rings is 2. The molecule has 2 aliphatic rings. The second-order valence-corrected chi connectivity index (χ2v) is 13.4. The zero-order chi connectivity index (χ0) is 31.2. The number of hydrogen-bond donors (Lipinski definition) is 1. The van der Waals surface area contributed by atoms with Crippen molar-refractivity contribution in [2.45, 2.75) is 45.8 Å². The Labute approximate surface area is 263 Å². The Kier molecular flexibility index (Phi) is 7.28. The molecule has 2 aromatic carbocycles. The number of rotatable bonds is 5. The molecule has 5 aromatic rings. The van der Waals surface area contributed by atoms with Crippen molar-refractivity contribution in [1.29, 1.82) is 0 Å². The Balaban J connectivity index is 1.14. The average Bonchev–Trinajstić information content (AvgIpc) is 3.74. The minimum absolute atomic E-state index is 0.146. The Bertz CT molecular complexity index is 1850. The molecule has 9 heteroatoms. The van der Waals surface area contributed by atoms with Gasteiger partial charge < -0.3 is 15.4 Å². The highest BCUT2D eigenvalue weighted by molar-refractivity contribution is 5.84. The third-order valence-electron chi connectivity index (χ3n) is 8.86. The van der Waals surface area contributed by atoms with Gasteiger partial charge in [-0.25, -0.2) is 19.7 Å². The van der Waals surface area contributed by atoms with Gasteiger partial charge in [-0.1, -0.05) is 42.5 Å². The first-order valence-electron chi connectivity index (χ1n) is 15.6. The summed E-state index contributed by atoms with van der Waals surface area (Å²) in [6.07, 6.45) is 3.61. The minimum atomic E-state index is -0.477. The van der Waals surface area contributed by atoms with Crippen molar-refractivity contribution in [1.82, 2.24) is 29.3 Å². The summed E-state index contributed by atoms with van der Waals surface area (Å²) >= 11 is 0. The molecule has 0 radical (unpaired) electrons. The molecule has 0 saturated carbocycles. The van der Waals surface area contributed by atoms with Crippen LogP contribution in [0, 0.1) is 5.41 Å². The van der Waals surface area contributed by atoms with E-state index in [0.29, 0.717) is 11.6 Å². The van der Waals surface area contributed by atoms with Crippen LogP contribution in [0.1, 0.15) is 39.2 Å². The smallest absolute Gasteiger partial charge is 0.410 e. The summed E-state index contributed by atoms with van der Waals surface area (Å²) in [5, 5.41) is 0. The first-order chi connectivity index (χ1) is 21.7. The molecule has 5 heterocycles. The molecule has 0 aliphatic carbocycles. The van der Waals surface area contributed by atoms with Crippen molar-refractivity contribution in [2.24, 2.45) is 5.41 Å². The highest BCUT2D eigenvalue weighted by atomic mass is 16.6. The van der Waals surface area contributed by atoms with E-state index in [1.54, 1.807) is 6.20 Å². The molecule has 9 nitrogen and oxygen atoms in total. The maximum absolute atomic E-state index is 12.7. The number of amides is 1. The third kappa shape index (κ3) is 5.88. The van der Waals surface area contributed by atoms with Gasteiger partial charge in [0.1, 0.15) is 16.9 Å². The van der Waals surface area contributed by atoms with Crippen molar-refractivity contribution < 1.29 is 9.53 Å². The molecule has 3 aromatic heterocycles. The number of benzene rings is 2. The van der Waals surface area contributed by atoms with Gasteiger partial charge in [0.2, 0.25) is 0 Å². The van der Waals surface area contributed by atoms with E-state index in [1.807, 2.05) is 68.1 Å². The number of nitrogen functional groups attached to an aromatic ring is 1. The fourth-order valence-electron chi connectivity index (χ4n) is 6.68. The summed E-state index contributed by atoms with van der Waals surface area (Å²) in [5.74, 6) is 1.13. The van der Waals surface area contributed by atoms with Crippen LogP contribution in [0.5, 0.6) is 0 Å². The number of fused-ring (bicyclic) bond motifs is 1. The lowest BCUT2D eigenvalue weighted by molar-refractivity contribution is 0.0274. The number of nitrogens with two attached hydrogens (primary N) is 1. The van der Waals surface area contributed by atoms with Crippen molar-refractivity contribution in [3.63, 3.8) is 0 Å². The number of likely N-dealkylation sites (tertiary alicyclic amines) is 2. The van der Waals surface area contributed by atoms with Crippen LogP contribution in [-0.4, -0.2) is 67.2 Å². The molecule has 230 valence electrons. The van der Waals surface area contributed by atoms with Gasteiger partial charge in [0.15, 0.2) is 11.5 Å². The van der Waals surface area contributed by atoms with E-state index in [9.17, 15) is 4.79 Å². The van der Waals surface area contributed by atoms with Crippen molar-refractivity contribution in [2.75, 3.05) is 31.9 Å². The first kappa shape index (κ1) is 29.0. The van der Waals surface area contributed by atoms with Gasteiger partial charge in [-0.05, 0) is 82.1 Å². The monoisotopic (exact) mass is 601 g/mol. The molecule has 2 aliphatic heterocycles. The van der Waals surface area contributed by atoms with Crippen LogP contribution in [0.25, 0.3) is 39.5 Å². The summed E-state index contributed by atoms with van der Waals surface area (Å²) in [4.78, 5) is 31.5. The number of ether oxygens (including phenoxy) is 1. The summed E-state index contributed by atoms with van der Waals surface area (Å²) in [6.45, 7) is 10.2. The average molecular weight is 602 g/mol. The maximum Gasteiger partial charge on any atom is 0.410 e. The van der Waals surface area contributed by atoms with Crippen molar-refractivity contribution in [3.8, 4) is 28.3 Å². The Hall–Kier alpha value is -4.76. The van der Waals surface area contributed by atoms with Gasteiger partial charge in [0, 0.05) is 49.0 Å². The van der Waals surface area contributed by atoms with E-state index in [0.717, 1.165) is 79.2 Å². The fraction of sp³-hybridized carbons (Fsp3) is 0.333. The molecular formula is C36H39N7O2. The molecule has 0 bridgehead atoms. The van der Waals surface area contributed by atoms with Gasteiger partial charge in [-0.2, -0.15) is 0 Å². The van der Waals surface area contributed by atoms with E-state index in [2.05, 4.69) is 50.8 Å². The van der Waals surface area contributed by atoms with E-state index in [4.69, 9.17) is 20.4 Å². The molecule has 1 atom stereocenters. The van der Waals surface area contributed by atoms with Crippen LogP contribution in [-0.2, 0) is 11.3 Å². The number of imidazole rings is 1. The first-order valence-corrected chi connectivity index (χ1v) is 15.6. The summed E-state index contributed by atoms with van der Waals surface area (Å²) in [6, 6.07) is 26.7. The van der Waals surface area contributed by atoms with Crippen LogP contribution in [0.4, 0.5) is 10.6 Å². The second kappa shape index (κ2) is 11.3. The number of carbonyl (C=O) groups is 1. The normalized spacial score (nSPS) is 18.7. The van der Waals surface area contributed by atoms with Crippen molar-refractivity contribution in [3.05, 3.63) is 90.6 Å². The predicted octanol–water partition coefficient (Wildman–Crippen LogP) is 6.56. The Morgan fingerprint density at radius 3 is 2.44 bits per heavy atom. The van der Waals surface area contributed by atoms with E-state index in [1.165, 1.54) is 5.56 Å². The Morgan fingerprint density at radius 1 is 0.911 bits per heavy atom. The number of hydrogen-bond acceptors (Lipinski definition) is 7. The molecule has 2 saturated heterocycles. The van der Waals surface area contributed by atoms with Gasteiger partial charge in [-0.3, -0.25) is 9.47 Å². The van der Waals surface area contributed by atoms with Crippen LogP contribution >= 0.6 is 0 Å². The number of anilines is 1. The van der Waals surface area contributed by atoms with E-state index >= 15 is 0 Å². The molecule has 1 amide bonds. The van der Waals surface area contributed by atoms with Gasteiger partial charge in [0.25, 0.3) is 0 Å². The highest BCUT2D eigenvalue weighted by Crippen LogP contribution is 2.40. The molecule has 45 heavy (non-hydrogen) atoms. The Morgan fingerprint density at radius 2 is 1.69 bits per heavy atom. The number of aromatic nitrogens is 4. The summed E-state index contributed by atoms with van der Waals surface area (Å²) < 4.78 is 7.72. The van der Waals surface area contributed by atoms with Gasteiger partial charge in [-0.15, -0.1) is 0 Å². The zero-order valence-corrected chi connectivity index (χ0v) is 26.1. The van der Waals surface area contributed by atoms with Crippen LogP contribution < -0.4 is 5.73 Å². The molecular weight excluding hydrogens is 562 g/mol. The fourth-order valence-corrected chi connectivity index (χ4v) is 6.68.